The standard InChI is InChI=1S/C19H20F3N3O/c20-19(21,22)14-5-3-4-12-13(6-10-23-16(12)14)17(26)25-15-7-11-24-18(15)8-1-2-9-18/h3-6,10,15,24H,1-2,7-9,11H2,(H,25,26). The summed E-state index contributed by atoms with van der Waals surface area (Å²) < 4.78 is 39.7. The van der Waals surface area contributed by atoms with E-state index in [0.717, 1.165) is 44.7 Å². The van der Waals surface area contributed by atoms with Crippen LogP contribution in [0.3, 0.4) is 0 Å². The van der Waals surface area contributed by atoms with Crippen LogP contribution in [0.25, 0.3) is 10.9 Å². The average molecular weight is 363 g/mol. The van der Waals surface area contributed by atoms with Crippen LogP contribution in [0.4, 0.5) is 13.2 Å². The first kappa shape index (κ1) is 17.3. The number of alkyl halides is 3. The van der Waals surface area contributed by atoms with Crippen LogP contribution in [-0.4, -0.2) is 29.0 Å². The summed E-state index contributed by atoms with van der Waals surface area (Å²) >= 11 is 0. The Morgan fingerprint density at radius 3 is 2.73 bits per heavy atom. The predicted octanol–water partition coefficient (Wildman–Crippen LogP) is 3.66. The molecule has 26 heavy (non-hydrogen) atoms. The number of rotatable bonds is 2. The van der Waals surface area contributed by atoms with E-state index < -0.39 is 11.7 Å². The van der Waals surface area contributed by atoms with Gasteiger partial charge in [-0.05, 0) is 37.9 Å². The number of carbonyl (C=O) groups excluding carboxylic acids is 1. The Morgan fingerprint density at radius 1 is 1.23 bits per heavy atom. The van der Waals surface area contributed by atoms with E-state index in [1.807, 2.05) is 0 Å². The summed E-state index contributed by atoms with van der Waals surface area (Å²) in [6.07, 6.45) is 1.90. The van der Waals surface area contributed by atoms with Crippen LogP contribution in [-0.2, 0) is 6.18 Å². The van der Waals surface area contributed by atoms with Crippen molar-refractivity contribution >= 4 is 16.8 Å². The minimum absolute atomic E-state index is 0.00603. The van der Waals surface area contributed by atoms with Gasteiger partial charge in [-0.3, -0.25) is 9.78 Å². The number of nitrogens with zero attached hydrogens (tertiary/aromatic N) is 1. The van der Waals surface area contributed by atoms with Gasteiger partial charge in [-0.25, -0.2) is 0 Å². The van der Waals surface area contributed by atoms with Crippen molar-refractivity contribution in [1.82, 2.24) is 15.6 Å². The monoisotopic (exact) mass is 363 g/mol. The molecule has 2 aromatic rings. The number of fused-ring (bicyclic) bond motifs is 1. The normalized spacial score (nSPS) is 22.2. The second-order valence-electron chi connectivity index (χ2n) is 7.16. The van der Waals surface area contributed by atoms with Gasteiger partial charge in [0.1, 0.15) is 0 Å². The molecule has 0 radical (unpaired) electrons. The van der Waals surface area contributed by atoms with Crippen molar-refractivity contribution in [3.05, 3.63) is 41.6 Å². The Balaban J connectivity index is 1.67. The molecule has 1 saturated carbocycles. The van der Waals surface area contributed by atoms with Crippen molar-refractivity contribution in [3.63, 3.8) is 0 Å². The molecule has 1 unspecified atom stereocenters. The largest absolute Gasteiger partial charge is 0.418 e. The number of aromatic nitrogens is 1. The number of para-hydroxylation sites is 1. The van der Waals surface area contributed by atoms with Crippen LogP contribution >= 0.6 is 0 Å². The molecule has 4 rings (SSSR count). The van der Waals surface area contributed by atoms with Gasteiger partial charge in [0, 0.05) is 23.2 Å². The third-order valence-corrected chi connectivity index (χ3v) is 5.70. The van der Waals surface area contributed by atoms with Crippen molar-refractivity contribution < 1.29 is 18.0 Å². The van der Waals surface area contributed by atoms with E-state index in [1.165, 1.54) is 24.4 Å². The zero-order valence-electron chi connectivity index (χ0n) is 14.2. The lowest BCUT2D eigenvalue weighted by atomic mass is 9.90. The summed E-state index contributed by atoms with van der Waals surface area (Å²) in [6.45, 7) is 0.847. The smallest absolute Gasteiger partial charge is 0.347 e. The van der Waals surface area contributed by atoms with Gasteiger partial charge < -0.3 is 10.6 Å². The lowest BCUT2D eigenvalue weighted by molar-refractivity contribution is -0.136. The fourth-order valence-electron chi connectivity index (χ4n) is 4.45. The van der Waals surface area contributed by atoms with Crippen LogP contribution < -0.4 is 10.6 Å². The van der Waals surface area contributed by atoms with Gasteiger partial charge in [-0.2, -0.15) is 13.2 Å². The van der Waals surface area contributed by atoms with Gasteiger partial charge in [0.15, 0.2) is 0 Å². The van der Waals surface area contributed by atoms with Crippen molar-refractivity contribution in [3.8, 4) is 0 Å². The second kappa shape index (κ2) is 6.23. The van der Waals surface area contributed by atoms with Crippen molar-refractivity contribution in [1.29, 1.82) is 0 Å². The molecule has 1 aliphatic carbocycles. The molecule has 1 saturated heterocycles. The highest BCUT2D eigenvalue weighted by Gasteiger charge is 2.45. The number of halogens is 3. The van der Waals surface area contributed by atoms with Crippen molar-refractivity contribution in [2.45, 2.75) is 49.9 Å². The first-order valence-corrected chi connectivity index (χ1v) is 8.92. The first-order chi connectivity index (χ1) is 12.4. The van der Waals surface area contributed by atoms with Crippen LogP contribution in [0.2, 0.25) is 0 Å². The molecule has 1 atom stereocenters. The summed E-state index contributed by atoms with van der Waals surface area (Å²) in [6, 6.07) is 5.32. The highest BCUT2D eigenvalue weighted by Crippen LogP contribution is 2.37. The number of hydrogen-bond acceptors (Lipinski definition) is 3. The van der Waals surface area contributed by atoms with E-state index in [4.69, 9.17) is 0 Å². The van der Waals surface area contributed by atoms with E-state index in [9.17, 15) is 18.0 Å². The Kier molecular flexibility index (Phi) is 4.14. The number of benzene rings is 1. The summed E-state index contributed by atoms with van der Waals surface area (Å²) in [4.78, 5) is 16.7. The van der Waals surface area contributed by atoms with Gasteiger partial charge in [0.05, 0.1) is 16.6 Å². The summed E-state index contributed by atoms with van der Waals surface area (Å²) in [5, 5.41) is 6.83. The second-order valence-corrected chi connectivity index (χ2v) is 7.16. The third-order valence-electron chi connectivity index (χ3n) is 5.70. The summed E-state index contributed by atoms with van der Waals surface area (Å²) in [5.74, 6) is -0.336. The topological polar surface area (TPSA) is 54.0 Å². The zero-order valence-corrected chi connectivity index (χ0v) is 14.2. The maximum atomic E-state index is 13.2. The third kappa shape index (κ3) is 2.84. The fourth-order valence-corrected chi connectivity index (χ4v) is 4.45. The SMILES string of the molecule is O=C(NC1CCNC12CCCC2)c1ccnc2c(C(F)(F)F)cccc12. The van der Waals surface area contributed by atoms with Crippen LogP contribution in [0.1, 0.15) is 48.0 Å². The highest BCUT2D eigenvalue weighted by molar-refractivity contribution is 6.06. The van der Waals surface area contributed by atoms with Crippen LogP contribution in [0.5, 0.6) is 0 Å². The lowest BCUT2D eigenvalue weighted by Crippen LogP contribution is -2.53. The molecule has 1 amide bonds. The van der Waals surface area contributed by atoms with Gasteiger partial charge in [-0.1, -0.05) is 25.0 Å². The average Bonchev–Trinajstić information content (AvgIpc) is 3.24. The molecule has 1 aromatic carbocycles. The van der Waals surface area contributed by atoms with Gasteiger partial charge >= 0.3 is 6.18 Å². The van der Waals surface area contributed by atoms with E-state index in [0.29, 0.717) is 0 Å². The number of nitrogens with one attached hydrogen (secondary N) is 2. The Bertz CT molecular complexity index is 838. The number of hydrogen-bond donors (Lipinski definition) is 2. The molecule has 1 aromatic heterocycles. The van der Waals surface area contributed by atoms with E-state index >= 15 is 0 Å². The highest BCUT2D eigenvalue weighted by atomic mass is 19.4. The summed E-state index contributed by atoms with van der Waals surface area (Å²) in [5.41, 5.74) is -0.830. The molecule has 7 heteroatoms. The van der Waals surface area contributed by atoms with Gasteiger partial charge in [0.2, 0.25) is 0 Å². The maximum absolute atomic E-state index is 13.2. The van der Waals surface area contributed by atoms with E-state index in [-0.39, 0.29) is 34.0 Å². The molecular formula is C19H20F3N3O. The Labute approximate surface area is 149 Å². The Morgan fingerprint density at radius 2 is 2.00 bits per heavy atom. The molecule has 2 N–H and O–H groups in total. The molecule has 4 nitrogen and oxygen atoms in total. The molecule has 1 spiro atoms. The minimum atomic E-state index is -4.51. The van der Waals surface area contributed by atoms with Crippen molar-refractivity contribution in [2.24, 2.45) is 0 Å². The van der Waals surface area contributed by atoms with Gasteiger partial charge in [0.25, 0.3) is 5.91 Å². The molecular weight excluding hydrogens is 343 g/mol. The van der Waals surface area contributed by atoms with Gasteiger partial charge in [-0.15, -0.1) is 0 Å². The lowest BCUT2D eigenvalue weighted by Gasteiger charge is -2.32. The van der Waals surface area contributed by atoms with Crippen LogP contribution in [0, 0.1) is 0 Å². The molecule has 2 heterocycles. The Hall–Kier alpha value is -2.15. The zero-order chi connectivity index (χ0) is 18.4. The molecule has 1 aliphatic heterocycles. The number of carbonyl (C=O) groups is 1. The first-order valence-electron chi connectivity index (χ1n) is 8.92. The molecule has 0 bridgehead atoms. The van der Waals surface area contributed by atoms with E-state index in [1.54, 1.807) is 0 Å². The molecule has 2 fully saturated rings. The maximum Gasteiger partial charge on any atom is 0.418 e. The minimum Gasteiger partial charge on any atom is -0.347 e. The summed E-state index contributed by atoms with van der Waals surface area (Å²) in [7, 11) is 0. The fraction of sp³-hybridized carbons (Fsp3) is 0.474. The van der Waals surface area contributed by atoms with Crippen molar-refractivity contribution in [2.75, 3.05) is 6.54 Å². The molecule has 2 aliphatic rings. The predicted molar refractivity (Wildman–Crippen MR) is 91.8 cm³/mol. The van der Waals surface area contributed by atoms with Crippen LogP contribution in [0.15, 0.2) is 30.5 Å². The molecule has 138 valence electrons. The quantitative estimate of drug-likeness (QED) is 0.856. The number of pyridine rings is 1. The number of amides is 1. The van der Waals surface area contributed by atoms with E-state index in [2.05, 4.69) is 15.6 Å².